The fraction of sp³-hybridized carbons (Fsp3) is 0.636. The van der Waals surface area contributed by atoms with Crippen LogP contribution >= 0.6 is 11.5 Å². The Morgan fingerprint density at radius 1 is 1.61 bits per heavy atom. The van der Waals surface area contributed by atoms with Crippen molar-refractivity contribution in [3.63, 3.8) is 0 Å². The summed E-state index contributed by atoms with van der Waals surface area (Å²) in [4.78, 5) is 13.6. The molecule has 2 heterocycles. The number of carbonyl (C=O) groups is 1. The van der Waals surface area contributed by atoms with E-state index in [9.17, 15) is 4.79 Å². The van der Waals surface area contributed by atoms with Gasteiger partial charge in [-0.15, -0.1) is 0 Å². The molecular weight excluding hydrogens is 250 g/mol. The predicted octanol–water partition coefficient (Wildman–Crippen LogP) is 0.720. The van der Waals surface area contributed by atoms with E-state index in [0.717, 1.165) is 13.1 Å². The van der Waals surface area contributed by atoms with E-state index >= 15 is 0 Å². The Morgan fingerprint density at radius 3 is 3.06 bits per heavy atom. The fourth-order valence-electron chi connectivity index (χ4n) is 2.27. The zero-order valence-corrected chi connectivity index (χ0v) is 11.3. The maximum Gasteiger partial charge on any atom is 0.255 e. The van der Waals surface area contributed by atoms with Gasteiger partial charge in [0.2, 0.25) is 0 Å². The van der Waals surface area contributed by atoms with Gasteiger partial charge in [0.05, 0.1) is 0 Å². The van der Waals surface area contributed by atoms with Gasteiger partial charge >= 0.3 is 0 Å². The number of nitrogens with zero attached hydrogens (tertiary/aromatic N) is 2. The Labute approximate surface area is 110 Å². The third kappa shape index (κ3) is 2.73. The number of nitrogens with one attached hydrogen (secondary N) is 1. The van der Waals surface area contributed by atoms with E-state index in [2.05, 4.69) is 21.6 Å². The summed E-state index contributed by atoms with van der Waals surface area (Å²) in [6.07, 6.45) is 3.68. The molecule has 0 bridgehead atoms. The van der Waals surface area contributed by atoms with Crippen molar-refractivity contribution in [1.29, 1.82) is 0 Å². The summed E-state index contributed by atoms with van der Waals surface area (Å²) >= 11 is 1.19. The lowest BCUT2D eigenvalue weighted by Crippen LogP contribution is -2.40. The zero-order valence-electron chi connectivity index (χ0n) is 10.5. The van der Waals surface area contributed by atoms with Gasteiger partial charge in [-0.2, -0.15) is 4.37 Å². The maximum absolute atomic E-state index is 11.3. The van der Waals surface area contributed by atoms with Gasteiger partial charge in [0.25, 0.3) is 5.91 Å². The average molecular weight is 269 g/mol. The van der Waals surface area contributed by atoms with Crippen molar-refractivity contribution in [3.05, 3.63) is 5.56 Å². The van der Waals surface area contributed by atoms with Gasteiger partial charge in [-0.25, -0.2) is 0 Å². The smallest absolute Gasteiger partial charge is 0.255 e. The van der Waals surface area contributed by atoms with Crippen LogP contribution in [0.3, 0.4) is 0 Å². The molecule has 1 aliphatic heterocycles. The molecule has 2 rings (SSSR count). The first-order valence-electron chi connectivity index (χ1n) is 6.08. The van der Waals surface area contributed by atoms with Crippen LogP contribution in [-0.4, -0.2) is 41.4 Å². The first-order valence-corrected chi connectivity index (χ1v) is 6.86. The van der Waals surface area contributed by atoms with Crippen molar-refractivity contribution in [3.8, 4) is 0 Å². The molecule has 0 spiro atoms. The molecule has 0 aromatic carbocycles. The van der Waals surface area contributed by atoms with Crippen LogP contribution in [0.5, 0.6) is 0 Å². The summed E-state index contributed by atoms with van der Waals surface area (Å²) in [5.41, 5.74) is 11.2. The second-order valence-corrected chi connectivity index (χ2v) is 5.42. The Kier molecular flexibility index (Phi) is 4.03. The van der Waals surface area contributed by atoms with Crippen LogP contribution in [0.2, 0.25) is 0 Å². The van der Waals surface area contributed by atoms with E-state index in [1.807, 2.05) is 0 Å². The number of hydrogen-bond donors (Lipinski definition) is 3. The number of anilines is 2. The molecule has 0 aliphatic carbocycles. The second kappa shape index (κ2) is 5.53. The van der Waals surface area contributed by atoms with Crippen molar-refractivity contribution in [2.75, 3.05) is 31.2 Å². The van der Waals surface area contributed by atoms with Crippen LogP contribution in [0, 0.1) is 0 Å². The lowest BCUT2D eigenvalue weighted by molar-refractivity contribution is 0.100. The molecule has 5 N–H and O–H groups in total. The molecule has 7 heteroatoms. The number of rotatable bonds is 4. The fourth-order valence-corrected chi connectivity index (χ4v) is 3.00. The summed E-state index contributed by atoms with van der Waals surface area (Å²) in [5, 5.41) is 3.93. The SMILES string of the molecule is CN1CCCCC1CNc1snc(N)c1C(N)=O. The number of likely N-dealkylation sites (N-methyl/N-ethyl adjacent to an activating group) is 1. The van der Waals surface area contributed by atoms with E-state index in [-0.39, 0.29) is 5.82 Å². The highest BCUT2D eigenvalue weighted by Gasteiger charge is 2.21. The number of nitrogens with two attached hydrogens (primary N) is 2. The van der Waals surface area contributed by atoms with Gasteiger partial charge in [0.15, 0.2) is 5.82 Å². The summed E-state index contributed by atoms with van der Waals surface area (Å²) in [5.74, 6) is -0.312. The van der Waals surface area contributed by atoms with Crippen LogP contribution in [0.15, 0.2) is 0 Å². The highest BCUT2D eigenvalue weighted by molar-refractivity contribution is 7.11. The quantitative estimate of drug-likeness (QED) is 0.748. The second-order valence-electron chi connectivity index (χ2n) is 4.65. The molecule has 1 saturated heterocycles. The Morgan fingerprint density at radius 2 is 2.39 bits per heavy atom. The maximum atomic E-state index is 11.3. The molecule has 1 aromatic rings. The Hall–Kier alpha value is -1.34. The number of hydrogen-bond acceptors (Lipinski definition) is 6. The lowest BCUT2D eigenvalue weighted by atomic mass is 10.0. The molecule has 1 amide bonds. The van der Waals surface area contributed by atoms with Crippen molar-refractivity contribution in [1.82, 2.24) is 9.27 Å². The minimum Gasteiger partial charge on any atom is -0.382 e. The minimum atomic E-state index is -0.527. The zero-order chi connectivity index (χ0) is 13.1. The molecule has 1 fully saturated rings. The Balaban J connectivity index is 1.99. The minimum absolute atomic E-state index is 0.215. The van der Waals surface area contributed by atoms with E-state index in [1.54, 1.807) is 0 Å². The topological polar surface area (TPSA) is 97.3 Å². The number of amides is 1. The van der Waals surface area contributed by atoms with Crippen LogP contribution in [0.25, 0.3) is 0 Å². The molecule has 0 radical (unpaired) electrons. The summed E-state index contributed by atoms with van der Waals surface area (Å²) in [6, 6.07) is 0.489. The van der Waals surface area contributed by atoms with Gasteiger partial charge in [-0.1, -0.05) is 6.42 Å². The molecule has 6 nitrogen and oxygen atoms in total. The number of primary amides is 1. The number of piperidine rings is 1. The first kappa shape index (κ1) is 13.1. The van der Waals surface area contributed by atoms with E-state index in [4.69, 9.17) is 11.5 Å². The number of nitrogen functional groups attached to an aromatic ring is 1. The highest BCUT2D eigenvalue weighted by atomic mass is 32.1. The standard InChI is InChI=1S/C11H19N5OS/c1-16-5-3-2-4-7(16)6-14-11-8(10(13)17)9(12)15-18-11/h7,14H,2-6H2,1H3,(H2,12,15)(H2,13,17). The third-order valence-corrected chi connectivity index (χ3v) is 4.20. The largest absolute Gasteiger partial charge is 0.382 e. The van der Waals surface area contributed by atoms with Crippen molar-refractivity contribution in [2.24, 2.45) is 5.73 Å². The van der Waals surface area contributed by atoms with E-state index in [0.29, 0.717) is 16.6 Å². The van der Waals surface area contributed by atoms with E-state index in [1.165, 1.54) is 30.8 Å². The summed E-state index contributed by atoms with van der Waals surface area (Å²) in [6.45, 7) is 1.91. The van der Waals surface area contributed by atoms with Crippen LogP contribution in [0.1, 0.15) is 29.6 Å². The number of carbonyl (C=O) groups excluding carboxylic acids is 1. The molecule has 18 heavy (non-hydrogen) atoms. The van der Waals surface area contributed by atoms with Gasteiger partial charge in [0.1, 0.15) is 10.6 Å². The predicted molar refractivity (Wildman–Crippen MR) is 73.8 cm³/mol. The van der Waals surface area contributed by atoms with E-state index < -0.39 is 5.91 Å². The average Bonchev–Trinajstić information content (AvgIpc) is 2.69. The molecule has 1 atom stereocenters. The molecular formula is C11H19N5OS. The highest BCUT2D eigenvalue weighted by Crippen LogP contribution is 2.26. The van der Waals surface area contributed by atoms with Gasteiger partial charge in [-0.05, 0) is 38.0 Å². The van der Waals surface area contributed by atoms with Crippen LogP contribution < -0.4 is 16.8 Å². The van der Waals surface area contributed by atoms with Gasteiger partial charge in [-0.3, -0.25) is 4.79 Å². The summed E-state index contributed by atoms with van der Waals surface area (Å²) < 4.78 is 3.96. The van der Waals surface area contributed by atoms with Gasteiger partial charge in [0, 0.05) is 12.6 Å². The monoisotopic (exact) mass is 269 g/mol. The Bertz CT molecular complexity index is 433. The van der Waals surface area contributed by atoms with Crippen molar-refractivity contribution in [2.45, 2.75) is 25.3 Å². The molecule has 0 saturated carbocycles. The summed E-state index contributed by atoms with van der Waals surface area (Å²) in [7, 11) is 2.13. The molecule has 1 aliphatic rings. The first-order chi connectivity index (χ1) is 8.59. The van der Waals surface area contributed by atoms with Crippen molar-refractivity contribution >= 4 is 28.3 Å². The molecule has 100 valence electrons. The normalized spacial score (nSPS) is 20.8. The third-order valence-electron chi connectivity index (χ3n) is 3.38. The lowest BCUT2D eigenvalue weighted by Gasteiger charge is -2.32. The molecule has 1 unspecified atom stereocenters. The molecule has 1 aromatic heterocycles. The number of aromatic nitrogens is 1. The number of likely N-dealkylation sites (tertiary alicyclic amines) is 1. The van der Waals surface area contributed by atoms with Crippen LogP contribution in [0.4, 0.5) is 10.8 Å². The van der Waals surface area contributed by atoms with Crippen molar-refractivity contribution < 1.29 is 4.79 Å². The van der Waals surface area contributed by atoms with Crippen LogP contribution in [-0.2, 0) is 0 Å². The van der Waals surface area contributed by atoms with Gasteiger partial charge < -0.3 is 21.7 Å².